The van der Waals surface area contributed by atoms with Gasteiger partial charge in [-0.25, -0.2) is 0 Å². The van der Waals surface area contributed by atoms with Crippen LogP contribution in [-0.4, -0.2) is 47.3 Å². The first-order valence-electron chi connectivity index (χ1n) is 6.77. The Morgan fingerprint density at radius 3 is 2.18 bits per heavy atom. The molecule has 0 spiro atoms. The minimum atomic E-state index is -0.0326. The van der Waals surface area contributed by atoms with Crippen molar-refractivity contribution in [2.24, 2.45) is 5.92 Å². The molecule has 0 aromatic carbocycles. The van der Waals surface area contributed by atoms with Crippen molar-refractivity contribution in [2.75, 3.05) is 26.3 Å². The van der Waals surface area contributed by atoms with E-state index in [1.54, 1.807) is 4.90 Å². The molecule has 0 atom stereocenters. The molecule has 17 heavy (non-hydrogen) atoms. The van der Waals surface area contributed by atoms with Gasteiger partial charge in [0.15, 0.2) is 0 Å². The normalized spacial score (nSPS) is 17.1. The fourth-order valence-corrected chi connectivity index (χ4v) is 2.56. The smallest absolute Gasteiger partial charge is 0.222 e. The van der Waals surface area contributed by atoms with E-state index in [-0.39, 0.29) is 19.1 Å². The molecular weight excluding hydrogens is 218 g/mol. The van der Waals surface area contributed by atoms with E-state index in [9.17, 15) is 4.79 Å². The Labute approximate surface area is 104 Å². The summed E-state index contributed by atoms with van der Waals surface area (Å²) in [7, 11) is 0. The predicted octanol–water partition coefficient (Wildman–Crippen LogP) is 1.16. The Hall–Kier alpha value is -0.610. The molecule has 0 heterocycles. The summed E-state index contributed by atoms with van der Waals surface area (Å²) in [6.07, 6.45) is 7.98. The van der Waals surface area contributed by atoms with Gasteiger partial charge in [-0.1, -0.05) is 32.1 Å². The monoisotopic (exact) mass is 243 g/mol. The summed E-state index contributed by atoms with van der Waals surface area (Å²) in [6.45, 7) is 0.610. The molecule has 1 amide bonds. The Kier molecular flexibility index (Phi) is 7.21. The molecule has 1 rings (SSSR count). The van der Waals surface area contributed by atoms with E-state index in [1.807, 2.05) is 0 Å². The number of carbonyl (C=O) groups is 1. The number of hydrogen-bond acceptors (Lipinski definition) is 3. The Morgan fingerprint density at radius 1 is 1.06 bits per heavy atom. The molecule has 4 nitrogen and oxygen atoms in total. The maximum Gasteiger partial charge on any atom is 0.222 e. The average Bonchev–Trinajstić information content (AvgIpc) is 2.37. The van der Waals surface area contributed by atoms with Gasteiger partial charge in [-0.05, 0) is 12.3 Å². The van der Waals surface area contributed by atoms with Crippen LogP contribution < -0.4 is 0 Å². The lowest BCUT2D eigenvalue weighted by Gasteiger charge is -2.24. The second kappa shape index (κ2) is 8.48. The number of aliphatic hydroxyl groups is 2. The molecule has 0 aliphatic heterocycles. The van der Waals surface area contributed by atoms with Crippen LogP contribution in [0.3, 0.4) is 0 Å². The van der Waals surface area contributed by atoms with Crippen molar-refractivity contribution in [3.63, 3.8) is 0 Å². The number of carbonyl (C=O) groups excluding carboxylic acids is 1. The van der Waals surface area contributed by atoms with Crippen LogP contribution in [0.25, 0.3) is 0 Å². The third-order valence-corrected chi connectivity index (χ3v) is 3.58. The quantitative estimate of drug-likeness (QED) is 0.705. The van der Waals surface area contributed by atoms with E-state index < -0.39 is 0 Å². The first kappa shape index (κ1) is 14.5. The van der Waals surface area contributed by atoms with Crippen LogP contribution in [0.1, 0.15) is 44.9 Å². The molecule has 0 unspecified atom stereocenters. The number of hydrogen-bond donors (Lipinski definition) is 2. The summed E-state index contributed by atoms with van der Waals surface area (Å²) < 4.78 is 0. The first-order valence-corrected chi connectivity index (χ1v) is 6.77. The van der Waals surface area contributed by atoms with Crippen molar-refractivity contribution in [1.29, 1.82) is 0 Å². The van der Waals surface area contributed by atoms with Gasteiger partial charge in [0.2, 0.25) is 5.91 Å². The van der Waals surface area contributed by atoms with Crippen LogP contribution in [-0.2, 0) is 4.79 Å². The molecule has 0 saturated heterocycles. The van der Waals surface area contributed by atoms with Crippen molar-refractivity contribution in [1.82, 2.24) is 4.90 Å². The number of aliphatic hydroxyl groups excluding tert-OH is 2. The number of amides is 1. The van der Waals surface area contributed by atoms with Crippen molar-refractivity contribution in [3.05, 3.63) is 0 Å². The fraction of sp³-hybridized carbons (Fsp3) is 0.923. The van der Waals surface area contributed by atoms with Crippen molar-refractivity contribution in [2.45, 2.75) is 44.9 Å². The molecule has 4 heteroatoms. The SMILES string of the molecule is O=C(CCC1CCCCC1)N(CCO)CCO. The van der Waals surface area contributed by atoms with E-state index >= 15 is 0 Å². The summed E-state index contributed by atoms with van der Waals surface area (Å²) in [5.74, 6) is 0.775. The van der Waals surface area contributed by atoms with Gasteiger partial charge in [-0.3, -0.25) is 4.79 Å². The number of rotatable bonds is 7. The lowest BCUT2D eigenvalue weighted by Crippen LogP contribution is -2.36. The second-order valence-corrected chi connectivity index (χ2v) is 4.87. The van der Waals surface area contributed by atoms with Gasteiger partial charge >= 0.3 is 0 Å². The van der Waals surface area contributed by atoms with Crippen LogP contribution in [0.4, 0.5) is 0 Å². The summed E-state index contributed by atoms with van der Waals surface area (Å²) >= 11 is 0. The van der Waals surface area contributed by atoms with Gasteiger partial charge < -0.3 is 15.1 Å². The average molecular weight is 243 g/mol. The minimum absolute atomic E-state index is 0.0326. The van der Waals surface area contributed by atoms with E-state index in [0.29, 0.717) is 25.4 Å². The van der Waals surface area contributed by atoms with Crippen LogP contribution in [0.2, 0.25) is 0 Å². The number of nitrogens with zero attached hydrogens (tertiary/aromatic N) is 1. The van der Waals surface area contributed by atoms with Gasteiger partial charge in [-0.2, -0.15) is 0 Å². The lowest BCUT2D eigenvalue weighted by molar-refractivity contribution is -0.132. The maximum atomic E-state index is 11.9. The van der Waals surface area contributed by atoms with E-state index in [2.05, 4.69) is 0 Å². The summed E-state index contributed by atoms with van der Waals surface area (Å²) in [6, 6.07) is 0. The second-order valence-electron chi connectivity index (χ2n) is 4.87. The molecule has 2 N–H and O–H groups in total. The molecular formula is C13H25NO3. The first-order chi connectivity index (χ1) is 8.27. The zero-order valence-corrected chi connectivity index (χ0v) is 10.6. The summed E-state index contributed by atoms with van der Waals surface area (Å²) in [5, 5.41) is 17.7. The molecule has 0 radical (unpaired) electrons. The lowest BCUT2D eigenvalue weighted by atomic mass is 9.86. The largest absolute Gasteiger partial charge is 0.395 e. The third kappa shape index (κ3) is 5.50. The summed E-state index contributed by atoms with van der Waals surface area (Å²) in [5.41, 5.74) is 0. The van der Waals surface area contributed by atoms with Crippen molar-refractivity contribution < 1.29 is 15.0 Å². The standard InChI is InChI=1S/C13H25NO3/c15-10-8-14(9-11-16)13(17)7-6-12-4-2-1-3-5-12/h12,15-16H,1-11H2. The zero-order chi connectivity index (χ0) is 12.5. The highest BCUT2D eigenvalue weighted by Crippen LogP contribution is 2.27. The Morgan fingerprint density at radius 2 is 1.65 bits per heavy atom. The fourth-order valence-electron chi connectivity index (χ4n) is 2.56. The Bertz CT molecular complexity index is 209. The molecule has 0 aromatic heterocycles. The van der Waals surface area contributed by atoms with Crippen LogP contribution in [0.5, 0.6) is 0 Å². The molecule has 0 aromatic rings. The Balaban J connectivity index is 2.25. The predicted molar refractivity (Wildman–Crippen MR) is 66.6 cm³/mol. The van der Waals surface area contributed by atoms with Crippen molar-refractivity contribution >= 4 is 5.91 Å². The van der Waals surface area contributed by atoms with E-state index in [4.69, 9.17) is 10.2 Å². The van der Waals surface area contributed by atoms with Gasteiger partial charge in [-0.15, -0.1) is 0 Å². The highest BCUT2D eigenvalue weighted by molar-refractivity contribution is 5.76. The minimum Gasteiger partial charge on any atom is -0.395 e. The summed E-state index contributed by atoms with van der Waals surface area (Å²) in [4.78, 5) is 13.4. The molecule has 1 aliphatic rings. The van der Waals surface area contributed by atoms with Crippen LogP contribution >= 0.6 is 0 Å². The molecule has 1 saturated carbocycles. The van der Waals surface area contributed by atoms with Gasteiger partial charge in [0.1, 0.15) is 0 Å². The van der Waals surface area contributed by atoms with Gasteiger partial charge in [0, 0.05) is 19.5 Å². The van der Waals surface area contributed by atoms with E-state index in [0.717, 1.165) is 6.42 Å². The molecule has 1 aliphatic carbocycles. The molecule has 100 valence electrons. The third-order valence-electron chi connectivity index (χ3n) is 3.58. The molecule has 1 fully saturated rings. The topological polar surface area (TPSA) is 60.8 Å². The van der Waals surface area contributed by atoms with Crippen molar-refractivity contribution in [3.8, 4) is 0 Å². The maximum absolute atomic E-state index is 11.9. The van der Waals surface area contributed by atoms with Gasteiger partial charge in [0.05, 0.1) is 13.2 Å². The van der Waals surface area contributed by atoms with Crippen LogP contribution in [0.15, 0.2) is 0 Å². The highest BCUT2D eigenvalue weighted by Gasteiger charge is 2.17. The molecule has 0 bridgehead atoms. The van der Waals surface area contributed by atoms with Crippen LogP contribution in [0, 0.1) is 5.92 Å². The zero-order valence-electron chi connectivity index (χ0n) is 10.6. The van der Waals surface area contributed by atoms with E-state index in [1.165, 1.54) is 32.1 Å². The highest BCUT2D eigenvalue weighted by atomic mass is 16.3. The van der Waals surface area contributed by atoms with Gasteiger partial charge in [0.25, 0.3) is 0 Å².